The summed E-state index contributed by atoms with van der Waals surface area (Å²) in [5.41, 5.74) is 4.30. The van der Waals surface area contributed by atoms with Crippen molar-refractivity contribution in [3.63, 3.8) is 0 Å². The van der Waals surface area contributed by atoms with Crippen LogP contribution in [0.5, 0.6) is 0 Å². The summed E-state index contributed by atoms with van der Waals surface area (Å²) in [4.78, 5) is 0.115. The first-order valence-corrected chi connectivity index (χ1v) is 6.47. The summed E-state index contributed by atoms with van der Waals surface area (Å²) in [6, 6.07) is 13.3. The molecule has 0 radical (unpaired) electrons. The van der Waals surface area contributed by atoms with Gasteiger partial charge in [-0.1, -0.05) is 46.3 Å². The molecule has 88 valence electrons. The fourth-order valence-corrected chi connectivity index (χ4v) is 3.14. The Hall–Kier alpha value is -1.15. The lowest BCUT2D eigenvalue weighted by Gasteiger charge is -2.16. The van der Waals surface area contributed by atoms with E-state index in [9.17, 15) is 4.39 Å². The Morgan fingerprint density at radius 2 is 1.53 bits per heavy atom. The number of benzene rings is 2. The zero-order chi connectivity index (χ0) is 12.4. The molecule has 0 heterocycles. The van der Waals surface area contributed by atoms with Gasteiger partial charge in [0.2, 0.25) is 0 Å². The molecule has 0 aromatic heterocycles. The maximum Gasteiger partial charge on any atom is 0.123 e. The van der Waals surface area contributed by atoms with Crippen LogP contribution in [0, 0.1) is 19.7 Å². The van der Waals surface area contributed by atoms with Crippen molar-refractivity contribution in [2.75, 3.05) is 0 Å². The van der Waals surface area contributed by atoms with E-state index in [2.05, 4.69) is 28.1 Å². The Balaban J connectivity index is 2.48. The molecule has 2 rings (SSSR count). The molecule has 0 fully saturated rings. The molecule has 0 saturated heterocycles. The molecule has 0 saturated carbocycles. The van der Waals surface area contributed by atoms with Crippen LogP contribution in [0.2, 0.25) is 0 Å². The van der Waals surface area contributed by atoms with Crippen LogP contribution < -0.4 is 0 Å². The van der Waals surface area contributed by atoms with E-state index in [0.717, 1.165) is 16.7 Å². The smallest absolute Gasteiger partial charge is 0.123 e. The summed E-state index contributed by atoms with van der Waals surface area (Å²) < 4.78 is 13.3. The summed E-state index contributed by atoms with van der Waals surface area (Å²) in [7, 11) is 0. The normalized spacial score (nSPS) is 12.5. The third-order valence-electron chi connectivity index (χ3n) is 2.90. The highest BCUT2D eigenvalue weighted by Crippen LogP contribution is 2.35. The number of aryl methyl sites for hydroxylation is 2. The Bertz CT molecular complexity index is 497. The zero-order valence-electron chi connectivity index (χ0n) is 9.87. The fourth-order valence-electron chi connectivity index (χ4n) is 2.11. The van der Waals surface area contributed by atoms with Gasteiger partial charge in [0.1, 0.15) is 5.82 Å². The van der Waals surface area contributed by atoms with E-state index < -0.39 is 0 Å². The predicted octanol–water partition coefficient (Wildman–Crippen LogP) is 4.93. The van der Waals surface area contributed by atoms with E-state index in [1.54, 1.807) is 12.1 Å². The van der Waals surface area contributed by atoms with Gasteiger partial charge >= 0.3 is 0 Å². The van der Waals surface area contributed by atoms with E-state index in [0.29, 0.717) is 0 Å². The highest BCUT2D eigenvalue weighted by molar-refractivity contribution is 9.09. The Kier molecular flexibility index (Phi) is 3.63. The average Bonchev–Trinajstić information content (AvgIpc) is 2.28. The monoisotopic (exact) mass is 292 g/mol. The molecule has 0 aliphatic rings. The second-order valence-electron chi connectivity index (χ2n) is 4.23. The summed E-state index contributed by atoms with van der Waals surface area (Å²) in [5.74, 6) is -0.170. The van der Waals surface area contributed by atoms with Crippen LogP contribution in [0.1, 0.15) is 27.1 Å². The van der Waals surface area contributed by atoms with Gasteiger partial charge in [0.25, 0.3) is 0 Å². The van der Waals surface area contributed by atoms with Crippen molar-refractivity contribution in [3.05, 3.63) is 70.5 Å². The molecule has 0 aliphatic heterocycles. The van der Waals surface area contributed by atoms with E-state index in [4.69, 9.17) is 0 Å². The summed E-state index contributed by atoms with van der Waals surface area (Å²) >= 11 is 3.70. The van der Waals surface area contributed by atoms with Crippen LogP contribution >= 0.6 is 15.9 Å². The molecule has 1 unspecified atom stereocenters. The van der Waals surface area contributed by atoms with Crippen LogP contribution in [0.25, 0.3) is 0 Å². The lowest BCUT2D eigenvalue weighted by molar-refractivity contribution is 0.624. The third-order valence-corrected chi connectivity index (χ3v) is 3.89. The molecule has 0 spiro atoms. The maximum absolute atomic E-state index is 13.3. The molecule has 0 aliphatic carbocycles. The largest absolute Gasteiger partial charge is 0.207 e. The molecular formula is C15H14BrF. The van der Waals surface area contributed by atoms with Crippen LogP contribution in [0.15, 0.2) is 42.5 Å². The predicted molar refractivity (Wildman–Crippen MR) is 73.1 cm³/mol. The number of hydrogen-bond donors (Lipinski definition) is 0. The van der Waals surface area contributed by atoms with Crippen LogP contribution in [-0.4, -0.2) is 0 Å². The number of hydrogen-bond acceptors (Lipinski definition) is 0. The van der Waals surface area contributed by atoms with Crippen molar-refractivity contribution >= 4 is 15.9 Å². The Labute approximate surface area is 110 Å². The second kappa shape index (κ2) is 5.01. The van der Waals surface area contributed by atoms with E-state index in [-0.39, 0.29) is 10.6 Å². The zero-order valence-corrected chi connectivity index (χ0v) is 11.5. The summed E-state index contributed by atoms with van der Waals surface area (Å²) in [6.45, 7) is 3.89. The van der Waals surface area contributed by atoms with E-state index in [1.807, 2.05) is 32.0 Å². The maximum atomic E-state index is 13.3. The van der Waals surface area contributed by atoms with Gasteiger partial charge in [-0.25, -0.2) is 4.39 Å². The first kappa shape index (κ1) is 12.3. The Morgan fingerprint density at radius 3 is 2.06 bits per heavy atom. The van der Waals surface area contributed by atoms with Crippen molar-refractivity contribution in [3.8, 4) is 0 Å². The minimum atomic E-state index is -0.170. The van der Waals surface area contributed by atoms with Crippen molar-refractivity contribution < 1.29 is 4.39 Å². The molecular weight excluding hydrogens is 279 g/mol. The highest BCUT2D eigenvalue weighted by Gasteiger charge is 2.15. The lowest BCUT2D eigenvalue weighted by Crippen LogP contribution is -2.00. The molecule has 17 heavy (non-hydrogen) atoms. The van der Waals surface area contributed by atoms with Gasteiger partial charge in [0, 0.05) is 0 Å². The first-order valence-electron chi connectivity index (χ1n) is 5.55. The molecule has 2 aromatic rings. The molecule has 2 heteroatoms. The van der Waals surface area contributed by atoms with E-state index in [1.165, 1.54) is 5.56 Å². The topological polar surface area (TPSA) is 0 Å². The van der Waals surface area contributed by atoms with Gasteiger partial charge in [-0.3, -0.25) is 0 Å². The number of rotatable bonds is 2. The Morgan fingerprint density at radius 1 is 1.00 bits per heavy atom. The van der Waals surface area contributed by atoms with Crippen molar-refractivity contribution in [2.24, 2.45) is 0 Å². The minimum Gasteiger partial charge on any atom is -0.207 e. The van der Waals surface area contributed by atoms with E-state index >= 15 is 0 Å². The third kappa shape index (κ3) is 2.58. The summed E-state index contributed by atoms with van der Waals surface area (Å²) in [5, 5.41) is 0. The van der Waals surface area contributed by atoms with Crippen LogP contribution in [0.3, 0.4) is 0 Å². The number of halogens is 2. The van der Waals surface area contributed by atoms with Crippen LogP contribution in [0.4, 0.5) is 4.39 Å². The lowest BCUT2D eigenvalue weighted by atomic mass is 9.96. The SMILES string of the molecule is Cc1cc(F)cc(C)c1C(Br)c1ccccc1. The van der Waals surface area contributed by atoms with Crippen molar-refractivity contribution in [2.45, 2.75) is 18.7 Å². The summed E-state index contributed by atoms with van der Waals surface area (Å²) in [6.07, 6.45) is 0. The van der Waals surface area contributed by atoms with Gasteiger partial charge in [0.05, 0.1) is 4.83 Å². The average molecular weight is 293 g/mol. The highest BCUT2D eigenvalue weighted by atomic mass is 79.9. The molecule has 1 atom stereocenters. The van der Waals surface area contributed by atoms with Gasteiger partial charge in [0.15, 0.2) is 0 Å². The van der Waals surface area contributed by atoms with Gasteiger partial charge in [-0.2, -0.15) is 0 Å². The molecule has 2 aromatic carbocycles. The van der Waals surface area contributed by atoms with Gasteiger partial charge in [-0.05, 0) is 48.2 Å². The minimum absolute atomic E-state index is 0.115. The second-order valence-corrected chi connectivity index (χ2v) is 5.14. The molecule has 0 nitrogen and oxygen atoms in total. The molecule has 0 bridgehead atoms. The van der Waals surface area contributed by atoms with Crippen molar-refractivity contribution in [1.29, 1.82) is 0 Å². The fraction of sp³-hybridized carbons (Fsp3) is 0.200. The van der Waals surface area contributed by atoms with Gasteiger partial charge < -0.3 is 0 Å². The molecule has 0 amide bonds. The quantitative estimate of drug-likeness (QED) is 0.689. The standard InChI is InChI=1S/C15H14BrF/c1-10-8-13(17)9-11(2)14(10)15(16)12-6-4-3-5-7-12/h3-9,15H,1-2H3. The van der Waals surface area contributed by atoms with Crippen LogP contribution in [-0.2, 0) is 0 Å². The molecule has 0 N–H and O–H groups in total. The van der Waals surface area contributed by atoms with Gasteiger partial charge in [-0.15, -0.1) is 0 Å². The first-order chi connectivity index (χ1) is 8.09. The number of alkyl halides is 1. The van der Waals surface area contributed by atoms with Crippen molar-refractivity contribution in [1.82, 2.24) is 0 Å².